The van der Waals surface area contributed by atoms with E-state index < -0.39 is 17.8 Å². The molecule has 0 aromatic heterocycles. The molecule has 0 saturated carbocycles. The number of carbonyl (C=O) groups excluding carboxylic acids is 1. The highest BCUT2D eigenvalue weighted by Gasteiger charge is 2.13. The van der Waals surface area contributed by atoms with Gasteiger partial charge < -0.3 is 11.1 Å². The fourth-order valence-corrected chi connectivity index (χ4v) is 1.23. The van der Waals surface area contributed by atoms with Gasteiger partial charge in [-0.05, 0) is 24.6 Å². The van der Waals surface area contributed by atoms with Crippen LogP contribution in [0.15, 0.2) is 30.9 Å². The van der Waals surface area contributed by atoms with Crippen molar-refractivity contribution in [3.8, 4) is 6.07 Å². The minimum absolute atomic E-state index is 0.0594. The van der Waals surface area contributed by atoms with Gasteiger partial charge in [-0.2, -0.15) is 5.26 Å². The van der Waals surface area contributed by atoms with Crippen molar-refractivity contribution in [3.05, 3.63) is 42.2 Å². The van der Waals surface area contributed by atoms with E-state index in [1.54, 1.807) is 6.07 Å². The zero-order valence-electron chi connectivity index (χ0n) is 9.11. The molecule has 88 valence electrons. The molecule has 0 aliphatic heterocycles. The molecule has 4 nitrogen and oxygen atoms in total. The molecule has 3 N–H and O–H groups in total. The predicted octanol–water partition coefficient (Wildman–Crippen LogP) is 1.54. The Bertz CT molecular complexity index is 479. The largest absolute Gasteiger partial charge is 0.324 e. The van der Waals surface area contributed by atoms with Gasteiger partial charge in [0.1, 0.15) is 11.9 Å². The number of carbonyl (C=O) groups is 1. The van der Waals surface area contributed by atoms with Gasteiger partial charge >= 0.3 is 0 Å². The van der Waals surface area contributed by atoms with Crippen molar-refractivity contribution in [2.75, 3.05) is 5.32 Å². The summed E-state index contributed by atoms with van der Waals surface area (Å²) in [5, 5.41) is 11.3. The lowest BCUT2D eigenvalue weighted by molar-refractivity contribution is -0.117. The molecule has 1 atom stereocenters. The van der Waals surface area contributed by atoms with Crippen LogP contribution in [0.25, 0.3) is 0 Å². The summed E-state index contributed by atoms with van der Waals surface area (Å²) in [7, 11) is 0. The maximum atomic E-state index is 12.8. The zero-order chi connectivity index (χ0) is 12.8. The van der Waals surface area contributed by atoms with Gasteiger partial charge in [-0.1, -0.05) is 6.08 Å². The first-order valence-electron chi connectivity index (χ1n) is 4.95. The van der Waals surface area contributed by atoms with Gasteiger partial charge in [0.05, 0.1) is 17.3 Å². The first-order chi connectivity index (χ1) is 8.08. The number of benzene rings is 1. The second kappa shape index (κ2) is 5.77. The summed E-state index contributed by atoms with van der Waals surface area (Å²) in [6.45, 7) is 3.47. The summed E-state index contributed by atoms with van der Waals surface area (Å²) in [6, 6.07) is 4.60. The molecule has 0 fully saturated rings. The maximum Gasteiger partial charge on any atom is 0.241 e. The second-order valence-electron chi connectivity index (χ2n) is 3.42. The number of nitrogens with two attached hydrogens (primary N) is 1. The average Bonchev–Trinajstić information content (AvgIpc) is 2.31. The van der Waals surface area contributed by atoms with E-state index in [2.05, 4.69) is 11.9 Å². The fourth-order valence-electron chi connectivity index (χ4n) is 1.23. The van der Waals surface area contributed by atoms with E-state index in [4.69, 9.17) is 11.0 Å². The summed E-state index contributed by atoms with van der Waals surface area (Å²) in [4.78, 5) is 11.6. The van der Waals surface area contributed by atoms with E-state index >= 15 is 0 Å². The van der Waals surface area contributed by atoms with Crippen LogP contribution in [-0.2, 0) is 4.79 Å². The highest BCUT2D eigenvalue weighted by molar-refractivity contribution is 5.95. The smallest absolute Gasteiger partial charge is 0.241 e. The highest BCUT2D eigenvalue weighted by atomic mass is 19.1. The van der Waals surface area contributed by atoms with E-state index in [9.17, 15) is 9.18 Å². The predicted molar refractivity (Wildman–Crippen MR) is 62.5 cm³/mol. The Hall–Kier alpha value is -2.19. The third-order valence-electron chi connectivity index (χ3n) is 2.12. The van der Waals surface area contributed by atoms with Crippen LogP contribution in [0.3, 0.4) is 0 Å². The lowest BCUT2D eigenvalue weighted by atomic mass is 10.1. The van der Waals surface area contributed by atoms with Gasteiger partial charge in [0.15, 0.2) is 0 Å². The van der Waals surface area contributed by atoms with Gasteiger partial charge in [0.2, 0.25) is 5.91 Å². The zero-order valence-corrected chi connectivity index (χ0v) is 9.11. The summed E-state index contributed by atoms with van der Waals surface area (Å²) in [5.74, 6) is -0.969. The number of rotatable bonds is 4. The van der Waals surface area contributed by atoms with Crippen molar-refractivity contribution >= 4 is 11.6 Å². The molecule has 1 aromatic rings. The van der Waals surface area contributed by atoms with Crippen molar-refractivity contribution in [3.63, 3.8) is 0 Å². The lowest BCUT2D eigenvalue weighted by Crippen LogP contribution is -2.35. The number of hydrogen-bond acceptors (Lipinski definition) is 3. The minimum atomic E-state index is -0.732. The molecule has 1 unspecified atom stereocenters. The number of amides is 1. The third-order valence-corrected chi connectivity index (χ3v) is 2.12. The number of anilines is 1. The SMILES string of the molecule is C=CCC(N)C(=O)Nc1ccc(F)cc1C#N. The third kappa shape index (κ3) is 3.40. The second-order valence-corrected chi connectivity index (χ2v) is 3.42. The summed E-state index contributed by atoms with van der Waals surface area (Å²) in [6.07, 6.45) is 1.86. The highest BCUT2D eigenvalue weighted by Crippen LogP contribution is 2.16. The van der Waals surface area contributed by atoms with Crippen LogP contribution in [0.5, 0.6) is 0 Å². The number of nitrogens with one attached hydrogen (secondary N) is 1. The maximum absolute atomic E-state index is 12.8. The fraction of sp³-hybridized carbons (Fsp3) is 0.167. The number of nitriles is 1. The average molecular weight is 233 g/mol. The molecule has 0 saturated heterocycles. The van der Waals surface area contributed by atoms with Crippen molar-refractivity contribution in [2.24, 2.45) is 5.73 Å². The molecule has 0 radical (unpaired) electrons. The Balaban J connectivity index is 2.85. The van der Waals surface area contributed by atoms with Gasteiger partial charge in [-0.3, -0.25) is 4.79 Å². The van der Waals surface area contributed by atoms with Crippen LogP contribution >= 0.6 is 0 Å². The molecule has 1 rings (SSSR count). The molecule has 17 heavy (non-hydrogen) atoms. The molecule has 0 aliphatic rings. The van der Waals surface area contributed by atoms with Gasteiger partial charge in [-0.25, -0.2) is 4.39 Å². The van der Waals surface area contributed by atoms with Crippen LogP contribution in [0.1, 0.15) is 12.0 Å². The van der Waals surface area contributed by atoms with E-state index in [0.717, 1.165) is 12.1 Å². The van der Waals surface area contributed by atoms with Crippen molar-refractivity contribution in [1.29, 1.82) is 5.26 Å². The monoisotopic (exact) mass is 233 g/mol. The molecule has 1 aromatic carbocycles. The summed E-state index contributed by atoms with van der Waals surface area (Å²) < 4.78 is 12.8. The standard InChI is InChI=1S/C12H12FN3O/c1-2-3-10(15)12(17)16-11-5-4-9(13)6-8(11)7-14/h2,4-6,10H,1,3,15H2,(H,16,17). The van der Waals surface area contributed by atoms with Gasteiger partial charge in [0, 0.05) is 0 Å². The molecule has 0 aliphatic carbocycles. The van der Waals surface area contributed by atoms with Crippen LogP contribution in [0.2, 0.25) is 0 Å². The van der Waals surface area contributed by atoms with E-state index in [1.165, 1.54) is 12.1 Å². The molecule has 0 heterocycles. The molecule has 1 amide bonds. The Morgan fingerprint density at radius 3 is 3.00 bits per heavy atom. The van der Waals surface area contributed by atoms with Gasteiger partial charge in [0.25, 0.3) is 0 Å². The molecule has 0 bridgehead atoms. The van der Waals surface area contributed by atoms with E-state index in [1.807, 2.05) is 0 Å². The molecular weight excluding hydrogens is 221 g/mol. The van der Waals surface area contributed by atoms with E-state index in [-0.39, 0.29) is 11.3 Å². The van der Waals surface area contributed by atoms with Gasteiger partial charge in [-0.15, -0.1) is 6.58 Å². The van der Waals surface area contributed by atoms with Crippen LogP contribution < -0.4 is 11.1 Å². The first-order valence-corrected chi connectivity index (χ1v) is 4.95. The Kier molecular flexibility index (Phi) is 4.37. The minimum Gasteiger partial charge on any atom is -0.324 e. The quantitative estimate of drug-likeness (QED) is 0.774. The summed E-state index contributed by atoms with van der Waals surface area (Å²) >= 11 is 0. The number of nitrogens with zero attached hydrogens (tertiary/aromatic N) is 1. The lowest BCUT2D eigenvalue weighted by Gasteiger charge is -2.11. The molecule has 5 heteroatoms. The first kappa shape index (κ1) is 12.9. The summed E-state index contributed by atoms with van der Waals surface area (Å²) in [5.41, 5.74) is 5.86. The Morgan fingerprint density at radius 1 is 1.71 bits per heavy atom. The van der Waals surface area contributed by atoms with E-state index in [0.29, 0.717) is 6.42 Å². The number of halogens is 1. The Morgan fingerprint density at radius 2 is 2.41 bits per heavy atom. The Labute approximate surface area is 98.5 Å². The molecule has 0 spiro atoms. The van der Waals surface area contributed by atoms with Crippen molar-refractivity contribution in [1.82, 2.24) is 0 Å². The van der Waals surface area contributed by atoms with Crippen molar-refractivity contribution < 1.29 is 9.18 Å². The topological polar surface area (TPSA) is 78.9 Å². The molecular formula is C12H12FN3O. The van der Waals surface area contributed by atoms with Crippen LogP contribution in [-0.4, -0.2) is 11.9 Å². The van der Waals surface area contributed by atoms with Crippen molar-refractivity contribution in [2.45, 2.75) is 12.5 Å². The normalized spacial score (nSPS) is 11.4. The van der Waals surface area contributed by atoms with Crippen LogP contribution in [0.4, 0.5) is 10.1 Å². The van der Waals surface area contributed by atoms with Crippen LogP contribution in [0, 0.1) is 17.1 Å². The number of hydrogen-bond donors (Lipinski definition) is 2.